The maximum Gasteiger partial charge on any atom is 0.123 e. The van der Waals surface area contributed by atoms with Crippen LogP contribution in [0.3, 0.4) is 0 Å². The summed E-state index contributed by atoms with van der Waals surface area (Å²) in [6, 6.07) is 7.91. The van der Waals surface area contributed by atoms with E-state index in [-0.39, 0.29) is 11.6 Å². The maximum absolute atomic E-state index is 13.1. The number of halogens is 1. The summed E-state index contributed by atoms with van der Waals surface area (Å²) >= 11 is 0. The number of hydrogen-bond donors (Lipinski definition) is 2. The average molecular weight is 260 g/mol. The molecule has 2 N–H and O–H groups in total. The molecule has 1 aromatic heterocycles. The first-order chi connectivity index (χ1) is 9.20. The summed E-state index contributed by atoms with van der Waals surface area (Å²) in [4.78, 5) is 4.32. The number of nitrogens with zero attached hydrogens (tertiary/aromatic N) is 1. The van der Waals surface area contributed by atoms with E-state index in [0.29, 0.717) is 18.7 Å². The molecule has 0 spiro atoms. The lowest BCUT2D eigenvalue weighted by atomic mass is 10.1. The Hall–Kier alpha value is -1.94. The van der Waals surface area contributed by atoms with Crippen LogP contribution in [0.15, 0.2) is 36.5 Å². The topological polar surface area (TPSA) is 45.2 Å². The van der Waals surface area contributed by atoms with Gasteiger partial charge >= 0.3 is 0 Å². The molecule has 0 saturated carbocycles. The molecule has 2 rings (SSSR count). The molecule has 0 aliphatic carbocycles. The molecular weight excluding hydrogens is 243 g/mol. The Bertz CT molecular complexity index is 558. The number of rotatable bonds is 5. The van der Waals surface area contributed by atoms with E-state index in [1.165, 1.54) is 23.8 Å². The monoisotopic (exact) mass is 260 g/mol. The van der Waals surface area contributed by atoms with Crippen LogP contribution in [0.2, 0.25) is 0 Å². The van der Waals surface area contributed by atoms with Crippen molar-refractivity contribution >= 4 is 0 Å². The zero-order valence-electron chi connectivity index (χ0n) is 10.9. The first-order valence-corrected chi connectivity index (χ1v) is 6.31. The van der Waals surface area contributed by atoms with E-state index in [1.807, 2.05) is 12.1 Å². The molecule has 0 atom stereocenters. The predicted octanol–water partition coefficient (Wildman–Crippen LogP) is 2.78. The maximum atomic E-state index is 13.1. The quantitative estimate of drug-likeness (QED) is 0.869. The Labute approximate surface area is 112 Å². The summed E-state index contributed by atoms with van der Waals surface area (Å²) in [7, 11) is 0. The second kappa shape index (κ2) is 6.29. The first kappa shape index (κ1) is 13.5. The molecule has 0 aliphatic rings. The summed E-state index contributed by atoms with van der Waals surface area (Å²) < 4.78 is 13.1. The lowest BCUT2D eigenvalue weighted by Gasteiger charge is -2.09. The minimum atomic E-state index is -0.346. The van der Waals surface area contributed by atoms with Gasteiger partial charge in [0.05, 0.1) is 5.69 Å². The fourth-order valence-electron chi connectivity index (χ4n) is 1.96. The van der Waals surface area contributed by atoms with Crippen LogP contribution in [0, 0.1) is 5.82 Å². The van der Waals surface area contributed by atoms with Crippen molar-refractivity contribution in [3.8, 4) is 5.75 Å². The van der Waals surface area contributed by atoms with E-state index in [4.69, 9.17) is 0 Å². The van der Waals surface area contributed by atoms with Gasteiger partial charge in [-0.2, -0.15) is 0 Å². The van der Waals surface area contributed by atoms with Gasteiger partial charge in [-0.25, -0.2) is 4.39 Å². The van der Waals surface area contributed by atoms with Crippen molar-refractivity contribution in [3.05, 3.63) is 59.2 Å². The van der Waals surface area contributed by atoms with Crippen LogP contribution in [0.1, 0.15) is 23.7 Å². The Balaban J connectivity index is 1.98. The van der Waals surface area contributed by atoms with E-state index >= 15 is 0 Å². The molecule has 4 heteroatoms. The summed E-state index contributed by atoms with van der Waals surface area (Å²) in [6.45, 7) is 3.09. The minimum Gasteiger partial charge on any atom is -0.508 e. The molecule has 0 bridgehead atoms. The number of phenols is 1. The molecule has 0 fully saturated rings. The Morgan fingerprint density at radius 1 is 1.21 bits per heavy atom. The second-order valence-corrected chi connectivity index (χ2v) is 4.34. The highest BCUT2D eigenvalue weighted by Crippen LogP contribution is 2.17. The van der Waals surface area contributed by atoms with Gasteiger partial charge in [-0.05, 0) is 36.2 Å². The van der Waals surface area contributed by atoms with Crippen LogP contribution >= 0.6 is 0 Å². The van der Waals surface area contributed by atoms with Gasteiger partial charge in [-0.3, -0.25) is 4.98 Å². The lowest BCUT2D eigenvalue weighted by Crippen LogP contribution is -2.15. The van der Waals surface area contributed by atoms with Crippen LogP contribution in [-0.4, -0.2) is 10.1 Å². The largest absolute Gasteiger partial charge is 0.508 e. The Morgan fingerprint density at radius 3 is 2.84 bits per heavy atom. The van der Waals surface area contributed by atoms with Crippen molar-refractivity contribution in [3.63, 3.8) is 0 Å². The van der Waals surface area contributed by atoms with Crippen molar-refractivity contribution < 1.29 is 9.50 Å². The molecule has 0 unspecified atom stereocenters. The number of benzene rings is 1. The first-order valence-electron chi connectivity index (χ1n) is 6.31. The van der Waals surface area contributed by atoms with Crippen LogP contribution in [0.4, 0.5) is 4.39 Å². The fourth-order valence-corrected chi connectivity index (χ4v) is 1.96. The summed E-state index contributed by atoms with van der Waals surface area (Å²) in [6.07, 6.45) is 2.69. The van der Waals surface area contributed by atoms with E-state index in [0.717, 1.165) is 12.1 Å². The van der Waals surface area contributed by atoms with Crippen LogP contribution in [0.25, 0.3) is 0 Å². The van der Waals surface area contributed by atoms with Crippen LogP contribution in [-0.2, 0) is 19.5 Å². The molecule has 2 aromatic rings. The normalized spacial score (nSPS) is 10.6. The van der Waals surface area contributed by atoms with E-state index < -0.39 is 0 Å². The predicted molar refractivity (Wildman–Crippen MR) is 72.2 cm³/mol. The van der Waals surface area contributed by atoms with Gasteiger partial charge in [0.15, 0.2) is 0 Å². The van der Waals surface area contributed by atoms with E-state index in [9.17, 15) is 9.50 Å². The fraction of sp³-hybridized carbons (Fsp3) is 0.267. The highest BCUT2D eigenvalue weighted by atomic mass is 19.1. The van der Waals surface area contributed by atoms with Crippen molar-refractivity contribution in [2.24, 2.45) is 0 Å². The second-order valence-electron chi connectivity index (χ2n) is 4.34. The van der Waals surface area contributed by atoms with Gasteiger partial charge in [0.2, 0.25) is 0 Å². The number of hydrogen-bond acceptors (Lipinski definition) is 3. The van der Waals surface area contributed by atoms with Crippen molar-refractivity contribution in [2.45, 2.75) is 26.4 Å². The van der Waals surface area contributed by atoms with Gasteiger partial charge < -0.3 is 10.4 Å². The number of aryl methyl sites for hydroxylation is 1. The molecule has 19 heavy (non-hydrogen) atoms. The molecule has 0 saturated heterocycles. The smallest absolute Gasteiger partial charge is 0.123 e. The van der Waals surface area contributed by atoms with Crippen molar-refractivity contribution in [1.29, 1.82) is 0 Å². The zero-order chi connectivity index (χ0) is 13.7. The van der Waals surface area contributed by atoms with Crippen LogP contribution < -0.4 is 5.32 Å². The van der Waals surface area contributed by atoms with Gasteiger partial charge in [0.1, 0.15) is 11.6 Å². The molecular formula is C15H17FN2O. The third kappa shape index (κ3) is 3.51. The molecule has 1 heterocycles. The summed E-state index contributed by atoms with van der Waals surface area (Å²) in [5, 5.41) is 12.8. The van der Waals surface area contributed by atoms with Gasteiger partial charge in [0, 0.05) is 24.8 Å². The third-order valence-corrected chi connectivity index (χ3v) is 3.01. The van der Waals surface area contributed by atoms with Gasteiger partial charge in [-0.15, -0.1) is 0 Å². The summed E-state index contributed by atoms with van der Waals surface area (Å²) in [5.74, 6) is -0.243. The average Bonchev–Trinajstić information content (AvgIpc) is 2.43. The number of pyridine rings is 1. The molecule has 3 nitrogen and oxygen atoms in total. The molecule has 100 valence electrons. The van der Waals surface area contributed by atoms with E-state index in [2.05, 4.69) is 17.2 Å². The van der Waals surface area contributed by atoms with Gasteiger partial charge in [-0.1, -0.05) is 13.0 Å². The molecule has 1 aromatic carbocycles. The standard InChI is InChI=1S/C15H17FN2O/c1-2-11-4-3-7-18-14(11)10-17-9-12-8-13(16)5-6-15(12)19/h3-8,17,19H,2,9-10H2,1H3. The number of phenolic OH excluding ortho intramolecular Hbond substituents is 1. The van der Waals surface area contributed by atoms with Crippen LogP contribution in [0.5, 0.6) is 5.75 Å². The molecule has 0 aliphatic heterocycles. The number of aromatic nitrogens is 1. The highest BCUT2D eigenvalue weighted by Gasteiger charge is 2.04. The third-order valence-electron chi connectivity index (χ3n) is 3.01. The Kier molecular flexibility index (Phi) is 4.47. The minimum absolute atomic E-state index is 0.102. The zero-order valence-corrected chi connectivity index (χ0v) is 10.9. The molecule has 0 radical (unpaired) electrons. The van der Waals surface area contributed by atoms with Crippen molar-refractivity contribution in [1.82, 2.24) is 10.3 Å². The van der Waals surface area contributed by atoms with Crippen molar-refractivity contribution in [2.75, 3.05) is 0 Å². The summed E-state index contributed by atoms with van der Waals surface area (Å²) in [5.41, 5.74) is 2.73. The van der Waals surface area contributed by atoms with E-state index in [1.54, 1.807) is 6.20 Å². The SMILES string of the molecule is CCc1cccnc1CNCc1cc(F)ccc1O. The lowest BCUT2D eigenvalue weighted by molar-refractivity contribution is 0.461. The number of aromatic hydroxyl groups is 1. The number of nitrogens with one attached hydrogen (secondary N) is 1. The van der Waals surface area contributed by atoms with Gasteiger partial charge in [0.25, 0.3) is 0 Å². The Morgan fingerprint density at radius 2 is 2.05 bits per heavy atom. The highest BCUT2D eigenvalue weighted by molar-refractivity contribution is 5.32. The molecule has 0 amide bonds.